The van der Waals surface area contributed by atoms with E-state index in [0.29, 0.717) is 6.54 Å². The zero-order valence-electron chi connectivity index (χ0n) is 28.2. The van der Waals surface area contributed by atoms with Crippen LogP contribution < -0.4 is 11.1 Å². The first kappa shape index (κ1) is 38.8. The second kappa shape index (κ2) is 19.9. The minimum Gasteiger partial charge on any atom is -0.386 e. The van der Waals surface area contributed by atoms with Crippen molar-refractivity contribution in [3.63, 3.8) is 0 Å². The third-order valence-corrected chi connectivity index (χ3v) is 8.69. The number of nitrogens with two attached hydrogens (primary N) is 1. The number of rotatable bonds is 15. The highest BCUT2D eigenvalue weighted by molar-refractivity contribution is 5.81. The molecule has 1 aliphatic carbocycles. The van der Waals surface area contributed by atoms with Crippen LogP contribution in [0.4, 0.5) is 0 Å². The fraction of sp³-hybridized carbons (Fsp3) is 0.788. The monoisotopic (exact) mass is 608 g/mol. The van der Waals surface area contributed by atoms with E-state index in [4.69, 9.17) is 15.2 Å². The van der Waals surface area contributed by atoms with Crippen LogP contribution >= 0.6 is 0 Å². The molecule has 0 bridgehead atoms. The van der Waals surface area contributed by atoms with Crippen molar-refractivity contribution >= 4 is 17.7 Å². The van der Waals surface area contributed by atoms with Gasteiger partial charge in [0.25, 0.3) is 0 Å². The Bertz CT molecular complexity index is 925. The minimum atomic E-state index is -0.799. The Kier molecular flexibility index (Phi) is 17.9. The maximum atomic E-state index is 13.7. The van der Waals surface area contributed by atoms with Crippen LogP contribution in [0.3, 0.4) is 0 Å². The number of nitrogens with zero attached hydrogens (tertiary/aromatic N) is 2. The lowest BCUT2D eigenvalue weighted by molar-refractivity contribution is -0.145. The maximum absolute atomic E-state index is 13.7. The summed E-state index contributed by atoms with van der Waals surface area (Å²) in [4.78, 5) is 42.8. The molecule has 0 aromatic carbocycles. The van der Waals surface area contributed by atoms with Crippen LogP contribution in [0.15, 0.2) is 23.8 Å². The second-order valence-corrected chi connectivity index (χ2v) is 12.0. The van der Waals surface area contributed by atoms with Crippen molar-refractivity contribution in [1.29, 1.82) is 0 Å². The summed E-state index contributed by atoms with van der Waals surface area (Å²) in [5, 5.41) is 13.7. The lowest BCUT2D eigenvalue weighted by Crippen LogP contribution is -2.54. The number of carbonyl (C=O) groups is 3. The predicted molar refractivity (Wildman–Crippen MR) is 171 cm³/mol. The molecule has 1 aliphatic heterocycles. The zero-order chi connectivity index (χ0) is 32.7. The van der Waals surface area contributed by atoms with Gasteiger partial charge in [0.2, 0.25) is 17.7 Å². The SMILES string of the molecule is CCC.CCC(C)C(C(CC(=O)N1CCCC1C(OC)C(C)C(=O)NC(C)C(O)C1=CCCC=C1)OC)N(C)C(=O)CN. The Balaban J connectivity index is 0.00000295. The number of aliphatic hydroxyl groups excluding tert-OH is 1. The molecule has 0 spiro atoms. The molecule has 2 rings (SSSR count). The van der Waals surface area contributed by atoms with Gasteiger partial charge in [0.15, 0.2) is 0 Å². The quantitative estimate of drug-likeness (QED) is 0.259. The fourth-order valence-electron chi connectivity index (χ4n) is 6.05. The van der Waals surface area contributed by atoms with Gasteiger partial charge in [-0.2, -0.15) is 0 Å². The second-order valence-electron chi connectivity index (χ2n) is 12.0. The van der Waals surface area contributed by atoms with E-state index in [-0.39, 0.29) is 48.7 Å². The van der Waals surface area contributed by atoms with Gasteiger partial charge in [-0.1, -0.05) is 65.7 Å². The zero-order valence-corrected chi connectivity index (χ0v) is 28.2. The van der Waals surface area contributed by atoms with Crippen molar-refractivity contribution in [3.05, 3.63) is 23.8 Å². The van der Waals surface area contributed by atoms with Gasteiger partial charge in [-0.15, -0.1) is 0 Å². The number of allylic oxidation sites excluding steroid dienone is 2. The molecule has 43 heavy (non-hydrogen) atoms. The Labute approximate surface area is 260 Å². The molecule has 10 nitrogen and oxygen atoms in total. The number of ether oxygens (including phenoxy) is 2. The van der Waals surface area contributed by atoms with E-state index in [1.54, 1.807) is 44.9 Å². The lowest BCUT2D eigenvalue weighted by atomic mass is 9.90. The molecular weight excluding hydrogens is 548 g/mol. The van der Waals surface area contributed by atoms with Crippen molar-refractivity contribution in [3.8, 4) is 0 Å². The van der Waals surface area contributed by atoms with E-state index in [0.717, 1.165) is 37.7 Å². The molecule has 0 saturated carbocycles. The fourth-order valence-corrected chi connectivity index (χ4v) is 6.05. The van der Waals surface area contributed by atoms with Crippen molar-refractivity contribution in [2.45, 2.75) is 123 Å². The summed E-state index contributed by atoms with van der Waals surface area (Å²) in [6.45, 7) is 12.4. The highest BCUT2D eigenvalue weighted by atomic mass is 16.5. The minimum absolute atomic E-state index is 0.0919. The summed E-state index contributed by atoms with van der Waals surface area (Å²) in [5.41, 5.74) is 6.44. The van der Waals surface area contributed by atoms with Crippen LogP contribution in [0.5, 0.6) is 0 Å². The predicted octanol–water partition coefficient (Wildman–Crippen LogP) is 3.42. The van der Waals surface area contributed by atoms with Crippen LogP contribution in [-0.4, -0.2) is 103 Å². The van der Waals surface area contributed by atoms with Crippen LogP contribution in [0.2, 0.25) is 0 Å². The summed E-state index contributed by atoms with van der Waals surface area (Å²) in [7, 11) is 4.84. The highest BCUT2D eigenvalue weighted by Gasteiger charge is 2.42. The van der Waals surface area contributed by atoms with Crippen LogP contribution in [0.1, 0.15) is 86.5 Å². The van der Waals surface area contributed by atoms with Crippen molar-refractivity contribution < 1.29 is 29.0 Å². The van der Waals surface area contributed by atoms with Crippen molar-refractivity contribution in [2.75, 3.05) is 34.4 Å². The van der Waals surface area contributed by atoms with Crippen molar-refractivity contribution in [2.24, 2.45) is 17.6 Å². The van der Waals surface area contributed by atoms with E-state index in [1.165, 1.54) is 6.42 Å². The Hall–Kier alpha value is -2.27. The largest absolute Gasteiger partial charge is 0.386 e. The molecule has 1 heterocycles. The normalized spacial score (nSPS) is 21.3. The molecule has 1 fully saturated rings. The Morgan fingerprint density at radius 2 is 1.79 bits per heavy atom. The number of carbonyl (C=O) groups excluding carboxylic acids is 3. The average Bonchev–Trinajstić information content (AvgIpc) is 3.50. The van der Waals surface area contributed by atoms with Crippen molar-refractivity contribution in [1.82, 2.24) is 15.1 Å². The van der Waals surface area contributed by atoms with Crippen LogP contribution in [0, 0.1) is 11.8 Å². The molecule has 248 valence electrons. The topological polar surface area (TPSA) is 134 Å². The van der Waals surface area contributed by atoms with E-state index in [9.17, 15) is 19.5 Å². The van der Waals surface area contributed by atoms with Gasteiger partial charge in [-0.05, 0) is 44.1 Å². The third kappa shape index (κ3) is 11.0. The molecule has 10 heteroatoms. The van der Waals surface area contributed by atoms with Gasteiger partial charge in [-0.25, -0.2) is 0 Å². The summed E-state index contributed by atoms with van der Waals surface area (Å²) >= 11 is 0. The third-order valence-electron chi connectivity index (χ3n) is 8.69. The molecular formula is C33H60N4O6. The number of hydrogen-bond acceptors (Lipinski definition) is 7. The molecule has 0 aromatic rings. The molecule has 4 N–H and O–H groups in total. The van der Waals surface area contributed by atoms with Gasteiger partial charge in [0, 0.05) is 27.8 Å². The molecule has 3 amide bonds. The first-order valence-corrected chi connectivity index (χ1v) is 16.1. The number of likely N-dealkylation sites (N-methyl/N-ethyl adjacent to an activating group) is 1. The maximum Gasteiger partial charge on any atom is 0.236 e. The number of likely N-dealkylation sites (tertiary alicyclic amines) is 1. The Morgan fingerprint density at radius 3 is 2.30 bits per heavy atom. The lowest BCUT2D eigenvalue weighted by Gasteiger charge is -2.39. The molecule has 0 radical (unpaired) electrons. The standard InChI is InChI=1S/C30H52N4O6.C3H8/c1-8-19(2)27(33(5)26(36)18-31)24(39-6)17-25(35)34-16-12-15-23(34)29(40-7)20(3)30(38)32-21(4)28(37)22-13-10-9-11-14-22;1-3-2/h10,13-14,19-21,23-24,27-29,37H,8-9,11-12,15-18,31H2,1-7H3,(H,32,38);3H2,1-2H3. The van der Waals surface area contributed by atoms with E-state index >= 15 is 0 Å². The first-order valence-electron chi connectivity index (χ1n) is 16.1. The summed E-state index contributed by atoms with van der Waals surface area (Å²) in [6.07, 6.45) is 9.62. The summed E-state index contributed by atoms with van der Waals surface area (Å²) in [6, 6.07) is -1.05. The molecule has 8 atom stereocenters. The van der Waals surface area contributed by atoms with Gasteiger partial charge in [0.1, 0.15) is 0 Å². The molecule has 0 aromatic heterocycles. The van der Waals surface area contributed by atoms with E-state index in [2.05, 4.69) is 19.2 Å². The Morgan fingerprint density at radius 1 is 1.14 bits per heavy atom. The number of methoxy groups -OCH3 is 2. The smallest absolute Gasteiger partial charge is 0.236 e. The molecule has 1 saturated heterocycles. The summed E-state index contributed by atoms with van der Waals surface area (Å²) < 4.78 is 11.6. The molecule has 8 unspecified atom stereocenters. The highest BCUT2D eigenvalue weighted by Crippen LogP contribution is 2.29. The van der Waals surface area contributed by atoms with Gasteiger partial charge in [-0.3, -0.25) is 14.4 Å². The number of nitrogens with one attached hydrogen (secondary N) is 1. The number of amides is 3. The molecule has 2 aliphatic rings. The van der Waals surface area contributed by atoms with Gasteiger partial charge < -0.3 is 35.4 Å². The van der Waals surface area contributed by atoms with Gasteiger partial charge in [0.05, 0.1) is 55.3 Å². The van der Waals surface area contributed by atoms with E-state index in [1.807, 2.05) is 32.1 Å². The number of hydrogen-bond donors (Lipinski definition) is 3. The summed E-state index contributed by atoms with van der Waals surface area (Å²) in [5.74, 6) is -0.973. The first-order chi connectivity index (χ1) is 20.4. The van der Waals surface area contributed by atoms with Crippen LogP contribution in [-0.2, 0) is 23.9 Å². The number of aliphatic hydroxyl groups is 1. The van der Waals surface area contributed by atoms with Crippen LogP contribution in [0.25, 0.3) is 0 Å². The van der Waals surface area contributed by atoms with Gasteiger partial charge >= 0.3 is 0 Å². The average molecular weight is 609 g/mol. The van der Waals surface area contributed by atoms with E-state index < -0.39 is 30.3 Å².